The minimum absolute atomic E-state index is 0.0364. The predicted molar refractivity (Wildman–Crippen MR) is 97.3 cm³/mol. The molecule has 1 aliphatic heterocycles. The summed E-state index contributed by atoms with van der Waals surface area (Å²) in [6.45, 7) is 5.59. The van der Waals surface area contributed by atoms with Crippen LogP contribution in [0.15, 0.2) is 24.3 Å². The highest BCUT2D eigenvalue weighted by molar-refractivity contribution is 5.95. The Labute approximate surface area is 145 Å². The van der Waals surface area contributed by atoms with Crippen molar-refractivity contribution in [1.82, 2.24) is 10.2 Å². The quantitative estimate of drug-likeness (QED) is 0.902. The summed E-state index contributed by atoms with van der Waals surface area (Å²) in [4.78, 5) is 28.4. The van der Waals surface area contributed by atoms with Gasteiger partial charge >= 0.3 is 0 Å². The summed E-state index contributed by atoms with van der Waals surface area (Å²) < 4.78 is 0. The largest absolute Gasteiger partial charge is 0.378 e. The van der Waals surface area contributed by atoms with E-state index in [-0.39, 0.29) is 17.9 Å². The van der Waals surface area contributed by atoms with Gasteiger partial charge in [0.2, 0.25) is 5.91 Å². The van der Waals surface area contributed by atoms with Crippen LogP contribution in [0.5, 0.6) is 0 Å². The molecule has 1 saturated heterocycles. The number of benzene rings is 1. The van der Waals surface area contributed by atoms with Crippen LogP contribution < -0.4 is 10.2 Å². The van der Waals surface area contributed by atoms with E-state index in [1.165, 1.54) is 0 Å². The monoisotopic (exact) mass is 331 g/mol. The van der Waals surface area contributed by atoms with Crippen LogP contribution in [0.4, 0.5) is 5.69 Å². The van der Waals surface area contributed by atoms with E-state index in [1.54, 1.807) is 0 Å². The molecule has 1 heterocycles. The number of carbonyl (C=O) groups is 2. The highest BCUT2D eigenvalue weighted by atomic mass is 16.2. The molecular weight excluding hydrogens is 302 g/mol. The van der Waals surface area contributed by atoms with Crippen molar-refractivity contribution in [2.24, 2.45) is 5.92 Å². The zero-order chi connectivity index (χ0) is 17.7. The van der Waals surface area contributed by atoms with Gasteiger partial charge in [0.1, 0.15) is 0 Å². The van der Waals surface area contributed by atoms with Crippen molar-refractivity contribution in [3.63, 3.8) is 0 Å². The van der Waals surface area contributed by atoms with Crippen molar-refractivity contribution in [2.45, 2.75) is 39.2 Å². The molecule has 132 valence electrons. The second-order valence-corrected chi connectivity index (χ2v) is 7.17. The molecule has 0 radical (unpaired) electrons. The Morgan fingerprint density at radius 1 is 1.25 bits per heavy atom. The molecule has 5 heteroatoms. The lowest BCUT2D eigenvalue weighted by atomic mass is 10.0. The van der Waals surface area contributed by atoms with Gasteiger partial charge in [0.05, 0.1) is 0 Å². The molecule has 0 aliphatic carbocycles. The van der Waals surface area contributed by atoms with E-state index in [2.05, 4.69) is 19.2 Å². The van der Waals surface area contributed by atoms with E-state index in [1.807, 2.05) is 48.2 Å². The number of nitrogens with one attached hydrogen (secondary N) is 1. The van der Waals surface area contributed by atoms with Gasteiger partial charge in [-0.1, -0.05) is 19.9 Å². The standard InChI is InChI=1S/C19H29N3O2/c1-14(2)12-18(23)22-10-8-16(9-11-22)20-19(24)15-6-5-7-17(13-15)21(3)4/h5-7,13-14,16H,8-12H2,1-4H3,(H,20,24). The van der Waals surface area contributed by atoms with Crippen molar-refractivity contribution in [3.05, 3.63) is 29.8 Å². The van der Waals surface area contributed by atoms with Crippen molar-refractivity contribution in [1.29, 1.82) is 0 Å². The van der Waals surface area contributed by atoms with Crippen LogP contribution in [0, 0.1) is 5.92 Å². The summed E-state index contributed by atoms with van der Waals surface area (Å²) in [6.07, 6.45) is 2.25. The number of hydrogen-bond donors (Lipinski definition) is 1. The van der Waals surface area contributed by atoms with Crippen LogP contribution >= 0.6 is 0 Å². The second kappa shape index (κ2) is 8.18. The normalized spacial score (nSPS) is 15.5. The molecule has 2 rings (SSSR count). The molecule has 0 aromatic heterocycles. The summed E-state index contributed by atoms with van der Waals surface area (Å²) >= 11 is 0. The topological polar surface area (TPSA) is 52.7 Å². The number of hydrogen-bond acceptors (Lipinski definition) is 3. The lowest BCUT2D eigenvalue weighted by Gasteiger charge is -2.33. The molecule has 24 heavy (non-hydrogen) atoms. The smallest absolute Gasteiger partial charge is 0.251 e. The van der Waals surface area contributed by atoms with Gasteiger partial charge in [-0.15, -0.1) is 0 Å². The molecule has 0 bridgehead atoms. The Balaban J connectivity index is 1.86. The van der Waals surface area contributed by atoms with Crippen molar-refractivity contribution < 1.29 is 9.59 Å². The van der Waals surface area contributed by atoms with Gasteiger partial charge in [0.25, 0.3) is 5.91 Å². The average Bonchev–Trinajstić information content (AvgIpc) is 2.55. The van der Waals surface area contributed by atoms with Crippen molar-refractivity contribution in [2.75, 3.05) is 32.1 Å². The van der Waals surface area contributed by atoms with Crippen molar-refractivity contribution in [3.8, 4) is 0 Å². The first kappa shape index (κ1) is 18.3. The van der Waals surface area contributed by atoms with Gasteiger partial charge in [-0.3, -0.25) is 9.59 Å². The summed E-state index contributed by atoms with van der Waals surface area (Å²) in [5, 5.41) is 3.11. The van der Waals surface area contributed by atoms with Crippen LogP contribution in [-0.2, 0) is 4.79 Å². The molecule has 1 fully saturated rings. The lowest BCUT2D eigenvalue weighted by molar-refractivity contribution is -0.133. The van der Waals surface area contributed by atoms with Gasteiger partial charge in [-0.05, 0) is 37.0 Å². The van der Waals surface area contributed by atoms with Gasteiger partial charge in [0.15, 0.2) is 0 Å². The summed E-state index contributed by atoms with van der Waals surface area (Å²) in [7, 11) is 3.92. The van der Waals surface area contributed by atoms with Crippen LogP contribution in [-0.4, -0.2) is 49.9 Å². The predicted octanol–water partition coefficient (Wildman–Crippen LogP) is 2.52. The molecule has 0 saturated carbocycles. The third kappa shape index (κ3) is 4.98. The van der Waals surface area contributed by atoms with E-state index < -0.39 is 0 Å². The minimum atomic E-state index is -0.0364. The van der Waals surface area contributed by atoms with E-state index in [0.29, 0.717) is 17.9 Å². The number of piperidine rings is 1. The average molecular weight is 331 g/mol. The first-order valence-corrected chi connectivity index (χ1v) is 8.73. The molecule has 1 aromatic rings. The third-order valence-electron chi connectivity index (χ3n) is 4.39. The molecule has 5 nitrogen and oxygen atoms in total. The molecule has 1 aromatic carbocycles. The second-order valence-electron chi connectivity index (χ2n) is 7.17. The van der Waals surface area contributed by atoms with E-state index >= 15 is 0 Å². The molecular formula is C19H29N3O2. The number of anilines is 1. The molecule has 0 spiro atoms. The van der Waals surface area contributed by atoms with Crippen LogP contribution in [0.1, 0.15) is 43.5 Å². The highest BCUT2D eigenvalue weighted by Crippen LogP contribution is 2.16. The fraction of sp³-hybridized carbons (Fsp3) is 0.579. The Bertz CT molecular complexity index is 576. The molecule has 0 unspecified atom stereocenters. The number of rotatable bonds is 5. The maximum absolute atomic E-state index is 12.4. The molecule has 0 atom stereocenters. The van der Waals surface area contributed by atoms with Crippen LogP contribution in [0.3, 0.4) is 0 Å². The molecule has 1 N–H and O–H groups in total. The van der Waals surface area contributed by atoms with E-state index in [4.69, 9.17) is 0 Å². The zero-order valence-electron chi connectivity index (χ0n) is 15.2. The molecule has 2 amide bonds. The molecule has 1 aliphatic rings. The number of carbonyl (C=O) groups excluding carboxylic acids is 2. The van der Waals surface area contributed by atoms with Crippen LogP contribution in [0.25, 0.3) is 0 Å². The number of likely N-dealkylation sites (tertiary alicyclic amines) is 1. The van der Waals surface area contributed by atoms with E-state index in [0.717, 1.165) is 31.6 Å². The SMILES string of the molecule is CC(C)CC(=O)N1CCC(NC(=O)c2cccc(N(C)C)c2)CC1. The Kier molecular flexibility index (Phi) is 6.23. The summed E-state index contributed by atoms with van der Waals surface area (Å²) in [5.41, 5.74) is 1.69. The minimum Gasteiger partial charge on any atom is -0.378 e. The van der Waals surface area contributed by atoms with Gasteiger partial charge in [-0.2, -0.15) is 0 Å². The van der Waals surface area contributed by atoms with Gasteiger partial charge in [-0.25, -0.2) is 0 Å². The maximum atomic E-state index is 12.4. The Hall–Kier alpha value is -2.04. The third-order valence-corrected chi connectivity index (χ3v) is 4.39. The lowest BCUT2D eigenvalue weighted by Crippen LogP contribution is -2.46. The highest BCUT2D eigenvalue weighted by Gasteiger charge is 2.24. The summed E-state index contributed by atoms with van der Waals surface area (Å²) in [5.74, 6) is 0.581. The first-order chi connectivity index (χ1) is 11.4. The van der Waals surface area contributed by atoms with Gasteiger partial charge in [0, 0.05) is 50.9 Å². The van der Waals surface area contributed by atoms with Crippen molar-refractivity contribution >= 4 is 17.5 Å². The Morgan fingerprint density at radius 3 is 2.50 bits per heavy atom. The zero-order valence-corrected chi connectivity index (χ0v) is 15.2. The number of nitrogens with zero attached hydrogens (tertiary/aromatic N) is 2. The van der Waals surface area contributed by atoms with Gasteiger partial charge < -0.3 is 15.1 Å². The fourth-order valence-electron chi connectivity index (χ4n) is 2.95. The van der Waals surface area contributed by atoms with Crippen LogP contribution in [0.2, 0.25) is 0 Å². The maximum Gasteiger partial charge on any atom is 0.251 e. The Morgan fingerprint density at radius 2 is 1.92 bits per heavy atom. The fourth-order valence-corrected chi connectivity index (χ4v) is 2.95. The number of amides is 2. The summed E-state index contributed by atoms with van der Waals surface area (Å²) in [6, 6.07) is 7.76. The first-order valence-electron chi connectivity index (χ1n) is 8.73. The van der Waals surface area contributed by atoms with E-state index in [9.17, 15) is 9.59 Å².